The first-order valence-corrected chi connectivity index (χ1v) is 30.2. The van der Waals surface area contributed by atoms with Crippen LogP contribution in [0.15, 0.2) is 93.4 Å². The third-order valence-corrected chi connectivity index (χ3v) is 17.0. The van der Waals surface area contributed by atoms with Crippen molar-refractivity contribution >= 4 is 83.2 Å². The highest BCUT2D eigenvalue weighted by atomic mass is 32.2. The van der Waals surface area contributed by atoms with Gasteiger partial charge in [-0.1, -0.05) is 60.9 Å². The molecule has 88 heavy (non-hydrogen) atoms. The fourth-order valence-corrected chi connectivity index (χ4v) is 12.0. The Morgan fingerprint density at radius 3 is 1.24 bits per heavy atom. The van der Waals surface area contributed by atoms with Crippen molar-refractivity contribution in [2.75, 3.05) is 26.4 Å². The lowest BCUT2D eigenvalue weighted by Crippen LogP contribution is -2.31. The monoisotopic (exact) mass is 1250 g/mol. The van der Waals surface area contributed by atoms with Crippen LogP contribution in [-0.4, -0.2) is 98.3 Å². The molecule has 0 spiro atoms. The molecule has 0 N–H and O–H groups in total. The lowest BCUT2D eigenvalue weighted by atomic mass is 9.82. The van der Waals surface area contributed by atoms with Crippen LogP contribution < -0.4 is 18.9 Å². The van der Waals surface area contributed by atoms with Gasteiger partial charge in [-0.25, -0.2) is 9.59 Å². The number of thioether (sulfide) groups is 2. The molecule has 2 fully saturated rings. The molecule has 2 atom stereocenters. The van der Waals surface area contributed by atoms with E-state index in [-0.39, 0.29) is 69.2 Å². The lowest BCUT2D eigenvalue weighted by molar-refractivity contribution is -0.157. The van der Waals surface area contributed by atoms with E-state index in [1.165, 1.54) is 0 Å². The van der Waals surface area contributed by atoms with E-state index in [4.69, 9.17) is 47.4 Å². The van der Waals surface area contributed by atoms with Crippen LogP contribution in [0.3, 0.4) is 0 Å². The second-order valence-corrected chi connectivity index (χ2v) is 23.2. The van der Waals surface area contributed by atoms with E-state index in [9.17, 15) is 58.5 Å². The third-order valence-electron chi connectivity index (χ3n) is 14.5. The zero-order valence-corrected chi connectivity index (χ0v) is 50.9. The normalized spacial score (nSPS) is 17.3. The molecular formula is C64H68N2O20S2. The number of carbonyl (C=O) groups excluding carboxylic acids is 10. The van der Waals surface area contributed by atoms with Gasteiger partial charge in [-0.15, -0.1) is 0 Å². The number of hydrogen-bond donors (Lipinski definition) is 0. The Kier molecular flexibility index (Phi) is 26.4. The Balaban J connectivity index is 0.932. The van der Waals surface area contributed by atoms with Crippen molar-refractivity contribution in [3.05, 3.63) is 106 Å². The first-order chi connectivity index (χ1) is 42.2. The average Bonchev–Trinajstić information content (AvgIpc) is 2.01. The van der Waals surface area contributed by atoms with Gasteiger partial charge in [0.1, 0.15) is 66.1 Å². The van der Waals surface area contributed by atoms with E-state index in [2.05, 4.69) is 13.2 Å². The molecule has 1 aliphatic heterocycles. The van der Waals surface area contributed by atoms with Gasteiger partial charge in [0.15, 0.2) is 0 Å². The number of esters is 10. The molecule has 0 amide bonds. The molecule has 22 nitrogen and oxygen atoms in total. The van der Waals surface area contributed by atoms with Gasteiger partial charge in [0.2, 0.25) is 0 Å². The molecule has 3 aromatic rings. The van der Waals surface area contributed by atoms with Crippen LogP contribution in [0, 0.1) is 60.2 Å². The summed E-state index contributed by atoms with van der Waals surface area (Å²) >= 11 is 2.14. The third kappa shape index (κ3) is 20.7. The summed E-state index contributed by atoms with van der Waals surface area (Å²) in [6, 6.07) is 17.3. The zero-order valence-electron chi connectivity index (χ0n) is 49.3. The van der Waals surface area contributed by atoms with Crippen molar-refractivity contribution in [1.82, 2.24) is 0 Å². The van der Waals surface area contributed by atoms with Crippen LogP contribution in [0.25, 0.3) is 0 Å². The van der Waals surface area contributed by atoms with Gasteiger partial charge >= 0.3 is 59.7 Å². The Morgan fingerprint density at radius 2 is 0.852 bits per heavy atom. The number of fused-ring (bicyclic) bond motifs is 1. The van der Waals surface area contributed by atoms with E-state index < -0.39 is 95.6 Å². The standard InChI is InChI=1S/C64H68N2O20S2/c1-7-50(67)79-35-38(4)82-55(72)28-27-53(70)78-32-30-42-11-23-49(24-12-42)84-61(74)44-15-19-46(20-16-44)63(76)86-57-40(6)39(5)56(58-59(57)88-64(87-58)47(33-65)34-66)85-62(75)45-17-13-43(14-18-45)60(73)83-48-21-9-41(10-22-48)29-31-77-52(69)25-26-54(71)80-36-37(3)81-51(68)8-2/h7-12,21-24,37-38,43-46H,1-2,13-20,25-32,35-36H2,3-6H3. The van der Waals surface area contributed by atoms with Crippen LogP contribution in [0.1, 0.15) is 113 Å². The van der Waals surface area contributed by atoms with Gasteiger partial charge in [0.25, 0.3) is 0 Å². The van der Waals surface area contributed by atoms with Crippen molar-refractivity contribution < 1.29 is 95.3 Å². The summed E-state index contributed by atoms with van der Waals surface area (Å²) in [7, 11) is 0. The van der Waals surface area contributed by atoms with Crippen molar-refractivity contribution in [3.63, 3.8) is 0 Å². The summed E-state index contributed by atoms with van der Waals surface area (Å²) in [5.41, 5.74) is 2.45. The number of rotatable bonds is 28. The van der Waals surface area contributed by atoms with Crippen LogP contribution in [0.2, 0.25) is 0 Å². The predicted molar refractivity (Wildman–Crippen MR) is 313 cm³/mol. The zero-order chi connectivity index (χ0) is 63.9. The molecule has 2 aliphatic carbocycles. The second-order valence-electron chi connectivity index (χ2n) is 20.9. The second kappa shape index (κ2) is 34.0. The van der Waals surface area contributed by atoms with Gasteiger partial charge in [-0.05, 0) is 126 Å². The Morgan fingerprint density at radius 1 is 0.500 bits per heavy atom. The molecule has 0 radical (unpaired) electrons. The number of carbonyl (C=O) groups is 10. The maximum absolute atomic E-state index is 13.9. The summed E-state index contributed by atoms with van der Waals surface area (Å²) in [4.78, 5) is 126. The van der Waals surface area contributed by atoms with E-state index in [0.29, 0.717) is 101 Å². The summed E-state index contributed by atoms with van der Waals surface area (Å²) in [6.07, 6.45) is 3.30. The molecule has 0 saturated heterocycles. The summed E-state index contributed by atoms with van der Waals surface area (Å²) in [5.74, 6) is -6.74. The van der Waals surface area contributed by atoms with Gasteiger partial charge in [0.05, 0.1) is 76.6 Å². The highest BCUT2D eigenvalue weighted by Gasteiger charge is 2.38. The molecule has 0 bridgehead atoms. The molecule has 466 valence electrons. The molecule has 2 unspecified atom stereocenters. The van der Waals surface area contributed by atoms with Gasteiger partial charge < -0.3 is 47.4 Å². The summed E-state index contributed by atoms with van der Waals surface area (Å²) in [6.45, 7) is 12.9. The largest absolute Gasteiger partial charge is 0.465 e. The molecule has 6 rings (SSSR count). The minimum Gasteiger partial charge on any atom is -0.465 e. The first kappa shape index (κ1) is 68.4. The fraction of sp³-hybridized carbons (Fsp3) is 0.438. The van der Waals surface area contributed by atoms with E-state index in [0.717, 1.165) is 46.8 Å². The van der Waals surface area contributed by atoms with Crippen molar-refractivity contribution in [2.45, 2.75) is 140 Å². The number of benzene rings is 3. The topological polar surface area (TPSA) is 311 Å². The highest BCUT2D eigenvalue weighted by Crippen LogP contribution is 2.61. The Labute approximate surface area is 517 Å². The Hall–Kier alpha value is -8.74. The number of hydrogen-bond acceptors (Lipinski definition) is 24. The highest BCUT2D eigenvalue weighted by molar-refractivity contribution is 8.24. The lowest BCUT2D eigenvalue weighted by Gasteiger charge is -2.27. The number of ether oxygens (including phenoxy) is 10. The maximum Gasteiger partial charge on any atom is 0.330 e. The maximum atomic E-state index is 13.9. The number of allylic oxidation sites excluding steroid dienone is 1. The van der Waals surface area contributed by atoms with Crippen molar-refractivity contribution in [3.8, 4) is 35.1 Å². The minimum absolute atomic E-state index is 0.0467. The average molecular weight is 1250 g/mol. The minimum atomic E-state index is -0.700. The molecule has 3 aromatic carbocycles. The van der Waals surface area contributed by atoms with Gasteiger partial charge in [-0.3, -0.25) is 38.4 Å². The predicted octanol–water partition coefficient (Wildman–Crippen LogP) is 9.45. The molecule has 2 saturated carbocycles. The van der Waals surface area contributed by atoms with Crippen LogP contribution in [0.5, 0.6) is 23.0 Å². The van der Waals surface area contributed by atoms with Crippen molar-refractivity contribution in [1.29, 1.82) is 10.5 Å². The van der Waals surface area contributed by atoms with Gasteiger partial charge in [-0.2, -0.15) is 10.5 Å². The van der Waals surface area contributed by atoms with Crippen LogP contribution in [-0.2, 0) is 89.2 Å². The number of nitrogens with zero attached hydrogens (tertiary/aromatic N) is 2. The van der Waals surface area contributed by atoms with Crippen molar-refractivity contribution in [2.24, 2.45) is 23.7 Å². The quantitative estimate of drug-likeness (QED) is 0.0215. The Bertz CT molecular complexity index is 3220. The molecule has 24 heteroatoms. The molecule has 3 aliphatic rings. The first-order valence-electron chi connectivity index (χ1n) is 28.6. The smallest absolute Gasteiger partial charge is 0.330 e. The SMILES string of the molecule is C=CC(=O)OCC(C)OC(=O)CCC(=O)OCCc1ccc(OC(=O)C2CCC(C(=O)Oc3c(C)c(C)c(OC(=O)C4CCC(C(=O)Oc5ccc(CCOC(=O)CCC(=O)OCC(C)OC(=O)C=C)cc5)CC4)c4c3SC(=C(C#N)C#N)S4)CC2)cc1. The van der Waals surface area contributed by atoms with E-state index in [1.54, 1.807) is 76.2 Å². The van der Waals surface area contributed by atoms with Crippen LogP contribution >= 0.6 is 23.5 Å². The van der Waals surface area contributed by atoms with Gasteiger partial charge in [0, 0.05) is 25.0 Å². The van der Waals surface area contributed by atoms with E-state index in [1.807, 2.05) is 12.1 Å². The number of nitriles is 2. The summed E-state index contributed by atoms with van der Waals surface area (Å²) in [5, 5.41) is 19.6. The summed E-state index contributed by atoms with van der Waals surface area (Å²) < 4.78 is 54.4. The molecular weight excluding hydrogens is 1180 g/mol. The van der Waals surface area contributed by atoms with E-state index >= 15 is 0 Å². The van der Waals surface area contributed by atoms with Crippen LogP contribution in [0.4, 0.5) is 0 Å². The fourth-order valence-electron chi connectivity index (χ4n) is 9.34. The molecule has 0 aromatic heterocycles. The molecule has 1 heterocycles.